The Morgan fingerprint density at radius 3 is 2.00 bits per heavy atom. The summed E-state index contributed by atoms with van der Waals surface area (Å²) in [6, 6.07) is 0. The lowest BCUT2D eigenvalue weighted by Crippen LogP contribution is -2.52. The molecule has 1 N–H and O–H groups in total. The molecule has 0 spiro atoms. The van der Waals surface area contributed by atoms with Gasteiger partial charge in [-0.3, -0.25) is 0 Å². The lowest BCUT2D eigenvalue weighted by Gasteiger charge is -2.34. The van der Waals surface area contributed by atoms with Crippen molar-refractivity contribution in [2.75, 3.05) is 13.7 Å². The summed E-state index contributed by atoms with van der Waals surface area (Å²) in [4.78, 5) is -3.33. The molecule has 0 heterocycles. The minimum Gasteiger partial charge on any atom is -0.381 e. The van der Waals surface area contributed by atoms with Gasteiger partial charge in [0.15, 0.2) is 5.60 Å². The second-order valence-corrected chi connectivity index (χ2v) is 4.01. The van der Waals surface area contributed by atoms with Crippen molar-refractivity contribution in [3.05, 3.63) is 0 Å². The fourth-order valence-corrected chi connectivity index (χ4v) is 1.37. The average Bonchev–Trinajstić information content (AvgIpc) is 1.85. The van der Waals surface area contributed by atoms with Crippen LogP contribution in [0.15, 0.2) is 0 Å². The normalized spacial score (nSPS) is 18.0. The molecule has 0 aliphatic carbocycles. The van der Waals surface area contributed by atoms with Crippen LogP contribution >= 0.6 is 15.9 Å². The molecule has 0 aromatic carbocycles. The van der Waals surface area contributed by atoms with Crippen LogP contribution in [0.25, 0.3) is 0 Å². The van der Waals surface area contributed by atoms with Gasteiger partial charge in [0.1, 0.15) is 0 Å². The highest BCUT2D eigenvalue weighted by Gasteiger charge is 2.52. The lowest BCUT2D eigenvalue weighted by atomic mass is 9.92. The van der Waals surface area contributed by atoms with Crippen molar-refractivity contribution in [3.8, 4) is 0 Å². The van der Waals surface area contributed by atoms with Crippen molar-refractivity contribution in [1.29, 1.82) is 0 Å². The standard InChI is InChI=1S/C7H13BrF2O2/c1-5(2)6(11,4-12-3)7(8,9)10/h5,11H,4H2,1-3H3. The zero-order chi connectivity index (χ0) is 9.99. The summed E-state index contributed by atoms with van der Waals surface area (Å²) in [6.07, 6.45) is 0. The Hall–Kier alpha value is 0.260. The van der Waals surface area contributed by atoms with E-state index in [-0.39, 0.29) is 0 Å². The minimum atomic E-state index is -3.33. The van der Waals surface area contributed by atoms with E-state index in [1.807, 2.05) is 0 Å². The number of halogens is 3. The molecule has 0 aromatic heterocycles. The van der Waals surface area contributed by atoms with Gasteiger partial charge in [0.2, 0.25) is 0 Å². The molecule has 0 rings (SSSR count). The maximum Gasteiger partial charge on any atom is 0.331 e. The molecule has 0 fully saturated rings. The molecule has 0 aliphatic rings. The molecule has 0 amide bonds. The van der Waals surface area contributed by atoms with Gasteiger partial charge in [-0.25, -0.2) is 0 Å². The third-order valence-electron chi connectivity index (χ3n) is 1.81. The van der Waals surface area contributed by atoms with Gasteiger partial charge in [-0.2, -0.15) is 8.78 Å². The molecular weight excluding hydrogens is 234 g/mol. The summed E-state index contributed by atoms with van der Waals surface area (Å²) in [6.45, 7) is 2.62. The van der Waals surface area contributed by atoms with Crippen molar-refractivity contribution in [2.24, 2.45) is 5.92 Å². The molecule has 0 aromatic rings. The van der Waals surface area contributed by atoms with Crippen molar-refractivity contribution < 1.29 is 18.6 Å². The van der Waals surface area contributed by atoms with Crippen LogP contribution in [0, 0.1) is 5.92 Å². The quantitative estimate of drug-likeness (QED) is 0.770. The van der Waals surface area contributed by atoms with Crippen molar-refractivity contribution in [3.63, 3.8) is 0 Å². The smallest absolute Gasteiger partial charge is 0.331 e. The molecule has 0 aliphatic heterocycles. The molecule has 0 radical (unpaired) electrons. The van der Waals surface area contributed by atoms with Crippen LogP contribution < -0.4 is 0 Å². The first-order chi connectivity index (χ1) is 5.25. The molecule has 2 nitrogen and oxygen atoms in total. The third-order valence-corrected chi connectivity index (χ3v) is 2.50. The van der Waals surface area contributed by atoms with E-state index in [9.17, 15) is 13.9 Å². The largest absolute Gasteiger partial charge is 0.381 e. The van der Waals surface area contributed by atoms with Gasteiger partial charge in [0.25, 0.3) is 0 Å². The summed E-state index contributed by atoms with van der Waals surface area (Å²) in [5.41, 5.74) is -2.15. The van der Waals surface area contributed by atoms with E-state index in [1.165, 1.54) is 21.0 Å². The molecule has 0 saturated heterocycles. The van der Waals surface area contributed by atoms with Gasteiger partial charge in [0, 0.05) is 7.11 Å². The summed E-state index contributed by atoms with van der Waals surface area (Å²) in [7, 11) is 1.27. The topological polar surface area (TPSA) is 29.5 Å². The third kappa shape index (κ3) is 2.37. The monoisotopic (exact) mass is 246 g/mol. The summed E-state index contributed by atoms with van der Waals surface area (Å²) in [5.74, 6) is -0.591. The Bertz CT molecular complexity index is 147. The second-order valence-electron chi connectivity index (χ2n) is 3.01. The Kier molecular flexibility index (Phi) is 4.07. The highest BCUT2D eigenvalue weighted by atomic mass is 79.9. The number of hydrogen-bond donors (Lipinski definition) is 1. The molecule has 12 heavy (non-hydrogen) atoms. The first-order valence-corrected chi connectivity index (χ1v) is 4.33. The zero-order valence-electron chi connectivity index (χ0n) is 7.27. The van der Waals surface area contributed by atoms with E-state index in [4.69, 9.17) is 0 Å². The Morgan fingerprint density at radius 1 is 1.50 bits per heavy atom. The highest BCUT2D eigenvalue weighted by Crippen LogP contribution is 2.39. The molecular formula is C7H13BrF2O2. The zero-order valence-corrected chi connectivity index (χ0v) is 8.86. The Labute approximate surface area is 79.0 Å². The number of ether oxygens (including phenoxy) is 1. The number of aliphatic hydroxyl groups is 1. The number of methoxy groups -OCH3 is 1. The Balaban J connectivity index is 4.62. The van der Waals surface area contributed by atoms with E-state index in [2.05, 4.69) is 20.7 Å². The van der Waals surface area contributed by atoms with Gasteiger partial charge in [0.05, 0.1) is 6.61 Å². The number of alkyl halides is 3. The second kappa shape index (κ2) is 3.98. The number of rotatable bonds is 4. The van der Waals surface area contributed by atoms with Gasteiger partial charge in [-0.05, 0) is 21.8 Å². The van der Waals surface area contributed by atoms with Crippen LogP contribution in [0.5, 0.6) is 0 Å². The van der Waals surface area contributed by atoms with E-state index in [0.29, 0.717) is 0 Å². The fourth-order valence-electron chi connectivity index (χ4n) is 0.796. The van der Waals surface area contributed by atoms with Gasteiger partial charge in [-0.15, -0.1) is 0 Å². The lowest BCUT2D eigenvalue weighted by molar-refractivity contribution is -0.170. The van der Waals surface area contributed by atoms with Crippen LogP contribution in [0.2, 0.25) is 0 Å². The number of hydrogen-bond acceptors (Lipinski definition) is 2. The maximum absolute atomic E-state index is 12.8. The van der Waals surface area contributed by atoms with E-state index in [0.717, 1.165) is 0 Å². The summed E-state index contributed by atoms with van der Waals surface area (Å²) in [5, 5.41) is 9.50. The van der Waals surface area contributed by atoms with Crippen molar-refractivity contribution >= 4 is 15.9 Å². The van der Waals surface area contributed by atoms with E-state index in [1.54, 1.807) is 0 Å². The molecule has 0 saturated carbocycles. The minimum absolute atomic E-state index is 0.400. The molecule has 74 valence electrons. The first-order valence-electron chi connectivity index (χ1n) is 3.53. The molecule has 1 atom stereocenters. The predicted molar refractivity (Wildman–Crippen MR) is 45.5 cm³/mol. The van der Waals surface area contributed by atoms with Crippen LogP contribution in [0.3, 0.4) is 0 Å². The fraction of sp³-hybridized carbons (Fsp3) is 1.00. The average molecular weight is 247 g/mol. The van der Waals surface area contributed by atoms with E-state index < -0.39 is 23.0 Å². The maximum atomic E-state index is 12.8. The molecule has 5 heteroatoms. The predicted octanol–water partition coefficient (Wildman–Crippen LogP) is 2.01. The molecule has 1 unspecified atom stereocenters. The summed E-state index contributed by atoms with van der Waals surface area (Å²) < 4.78 is 30.1. The molecule has 0 bridgehead atoms. The SMILES string of the molecule is COCC(O)(C(C)C)C(F)(F)Br. The van der Waals surface area contributed by atoms with Gasteiger partial charge >= 0.3 is 4.83 Å². The van der Waals surface area contributed by atoms with Crippen molar-refractivity contribution in [2.45, 2.75) is 24.3 Å². The van der Waals surface area contributed by atoms with Crippen LogP contribution in [0.4, 0.5) is 8.78 Å². The first kappa shape index (κ1) is 12.3. The van der Waals surface area contributed by atoms with Gasteiger partial charge < -0.3 is 9.84 Å². The van der Waals surface area contributed by atoms with Crippen LogP contribution in [-0.4, -0.2) is 29.3 Å². The highest BCUT2D eigenvalue weighted by molar-refractivity contribution is 9.10. The Morgan fingerprint density at radius 2 is 1.92 bits per heavy atom. The van der Waals surface area contributed by atoms with Crippen LogP contribution in [-0.2, 0) is 4.74 Å². The van der Waals surface area contributed by atoms with Gasteiger partial charge in [-0.1, -0.05) is 13.8 Å². The summed E-state index contributed by atoms with van der Waals surface area (Å²) >= 11 is 2.14. The van der Waals surface area contributed by atoms with E-state index >= 15 is 0 Å². The van der Waals surface area contributed by atoms with Crippen molar-refractivity contribution in [1.82, 2.24) is 0 Å². The van der Waals surface area contributed by atoms with Crippen LogP contribution in [0.1, 0.15) is 13.8 Å².